The molecule has 1 rings (SSSR count). The third-order valence-corrected chi connectivity index (χ3v) is 2.11. The Hall–Kier alpha value is -0.560. The molecule has 0 saturated heterocycles. The van der Waals surface area contributed by atoms with Gasteiger partial charge in [-0.2, -0.15) is 0 Å². The van der Waals surface area contributed by atoms with E-state index in [1.165, 1.54) is 6.42 Å². The van der Waals surface area contributed by atoms with Crippen LogP contribution in [0.3, 0.4) is 0 Å². The molecule has 11 heavy (non-hydrogen) atoms. The molecular weight excluding hydrogens is 134 g/mol. The standard InChI is InChI=1S/C10H17N/c1-3-10-6-4-5-8-11(2)9-7-10/h4-5,7H,3,6,8-9H2,1-2H3. The molecule has 1 aliphatic rings. The lowest BCUT2D eigenvalue weighted by Crippen LogP contribution is -2.19. The van der Waals surface area contributed by atoms with E-state index in [9.17, 15) is 0 Å². The molecule has 0 amide bonds. The van der Waals surface area contributed by atoms with Gasteiger partial charge in [-0.3, -0.25) is 4.90 Å². The number of nitrogens with zero attached hydrogens (tertiary/aromatic N) is 1. The topological polar surface area (TPSA) is 3.24 Å². The van der Waals surface area contributed by atoms with Crippen molar-refractivity contribution < 1.29 is 0 Å². The van der Waals surface area contributed by atoms with Crippen molar-refractivity contribution in [3.05, 3.63) is 23.8 Å². The molecule has 0 aromatic rings. The molecule has 0 radical (unpaired) electrons. The first-order valence-electron chi connectivity index (χ1n) is 4.34. The normalized spacial score (nSPS) is 20.7. The molecule has 62 valence electrons. The van der Waals surface area contributed by atoms with Gasteiger partial charge in [0, 0.05) is 13.1 Å². The second-order valence-electron chi connectivity index (χ2n) is 3.11. The van der Waals surface area contributed by atoms with Crippen LogP contribution in [-0.4, -0.2) is 25.0 Å². The fraction of sp³-hybridized carbons (Fsp3) is 0.600. The minimum absolute atomic E-state index is 1.09. The number of rotatable bonds is 1. The number of likely N-dealkylation sites (N-methyl/N-ethyl adjacent to an activating group) is 1. The summed E-state index contributed by atoms with van der Waals surface area (Å²) in [4.78, 5) is 2.31. The minimum Gasteiger partial charge on any atom is -0.299 e. The minimum atomic E-state index is 1.09. The first-order chi connectivity index (χ1) is 5.33. The van der Waals surface area contributed by atoms with E-state index < -0.39 is 0 Å². The zero-order valence-electron chi connectivity index (χ0n) is 7.51. The molecule has 1 nitrogen and oxygen atoms in total. The summed E-state index contributed by atoms with van der Waals surface area (Å²) in [6, 6.07) is 0. The van der Waals surface area contributed by atoms with E-state index in [4.69, 9.17) is 0 Å². The lowest BCUT2D eigenvalue weighted by atomic mass is 10.1. The summed E-state index contributed by atoms with van der Waals surface area (Å²) in [5.41, 5.74) is 1.56. The maximum atomic E-state index is 2.35. The van der Waals surface area contributed by atoms with E-state index in [2.05, 4.69) is 37.1 Å². The fourth-order valence-electron chi connectivity index (χ4n) is 1.22. The van der Waals surface area contributed by atoms with Gasteiger partial charge in [0.2, 0.25) is 0 Å². The Morgan fingerprint density at radius 2 is 2.18 bits per heavy atom. The highest BCUT2D eigenvalue weighted by molar-refractivity contribution is 5.10. The number of allylic oxidation sites excluding steroid dienone is 2. The Kier molecular flexibility index (Phi) is 3.37. The van der Waals surface area contributed by atoms with Crippen molar-refractivity contribution in [2.24, 2.45) is 0 Å². The summed E-state index contributed by atoms with van der Waals surface area (Å²) in [6.07, 6.45) is 9.22. The van der Waals surface area contributed by atoms with Gasteiger partial charge in [0.25, 0.3) is 0 Å². The third kappa shape index (κ3) is 2.89. The molecule has 0 aliphatic carbocycles. The van der Waals surface area contributed by atoms with Gasteiger partial charge in [-0.25, -0.2) is 0 Å². The van der Waals surface area contributed by atoms with Crippen LogP contribution in [0.15, 0.2) is 23.8 Å². The van der Waals surface area contributed by atoms with Crippen LogP contribution < -0.4 is 0 Å². The average molecular weight is 151 g/mol. The first-order valence-corrected chi connectivity index (χ1v) is 4.34. The van der Waals surface area contributed by atoms with E-state index in [0.29, 0.717) is 0 Å². The fourth-order valence-corrected chi connectivity index (χ4v) is 1.22. The summed E-state index contributed by atoms with van der Waals surface area (Å²) in [7, 11) is 2.15. The lowest BCUT2D eigenvalue weighted by Gasteiger charge is -2.14. The average Bonchev–Trinajstić information content (AvgIpc) is 1.98. The maximum Gasteiger partial charge on any atom is 0.0166 e. The van der Waals surface area contributed by atoms with Crippen LogP contribution >= 0.6 is 0 Å². The van der Waals surface area contributed by atoms with Crippen LogP contribution in [0.25, 0.3) is 0 Å². The molecular formula is C10H17N. The van der Waals surface area contributed by atoms with Crippen molar-refractivity contribution in [3.8, 4) is 0 Å². The van der Waals surface area contributed by atoms with E-state index in [0.717, 1.165) is 19.5 Å². The maximum absolute atomic E-state index is 2.35. The Morgan fingerprint density at radius 1 is 1.36 bits per heavy atom. The molecule has 1 heterocycles. The second kappa shape index (κ2) is 4.35. The summed E-state index contributed by atoms with van der Waals surface area (Å²) in [6.45, 7) is 4.42. The molecule has 0 spiro atoms. The summed E-state index contributed by atoms with van der Waals surface area (Å²) >= 11 is 0. The van der Waals surface area contributed by atoms with Crippen molar-refractivity contribution in [1.29, 1.82) is 0 Å². The van der Waals surface area contributed by atoms with E-state index >= 15 is 0 Å². The predicted molar refractivity (Wildman–Crippen MR) is 49.6 cm³/mol. The number of hydrogen-bond donors (Lipinski definition) is 0. The Labute approximate surface area is 69.4 Å². The van der Waals surface area contributed by atoms with Crippen molar-refractivity contribution in [3.63, 3.8) is 0 Å². The molecule has 0 unspecified atom stereocenters. The quantitative estimate of drug-likeness (QED) is 0.519. The summed E-state index contributed by atoms with van der Waals surface area (Å²) < 4.78 is 0. The third-order valence-electron chi connectivity index (χ3n) is 2.11. The monoisotopic (exact) mass is 151 g/mol. The highest BCUT2D eigenvalue weighted by Gasteiger charge is 1.97. The highest BCUT2D eigenvalue weighted by Crippen LogP contribution is 2.09. The van der Waals surface area contributed by atoms with Gasteiger partial charge >= 0.3 is 0 Å². The molecule has 0 atom stereocenters. The van der Waals surface area contributed by atoms with Crippen molar-refractivity contribution in [1.82, 2.24) is 4.90 Å². The van der Waals surface area contributed by atoms with E-state index in [-0.39, 0.29) is 0 Å². The Morgan fingerprint density at radius 3 is 2.91 bits per heavy atom. The molecule has 1 heteroatoms. The first kappa shape index (κ1) is 8.54. The van der Waals surface area contributed by atoms with E-state index in [1.54, 1.807) is 5.57 Å². The molecule has 0 aromatic heterocycles. The molecule has 0 bridgehead atoms. The SMILES string of the molecule is CCC1=CCN(C)CC=CC1. The molecule has 1 aliphatic heterocycles. The van der Waals surface area contributed by atoms with Gasteiger partial charge in [0.1, 0.15) is 0 Å². The summed E-state index contributed by atoms with van der Waals surface area (Å²) in [5.74, 6) is 0. The summed E-state index contributed by atoms with van der Waals surface area (Å²) in [5, 5.41) is 0. The van der Waals surface area contributed by atoms with E-state index in [1.807, 2.05) is 0 Å². The number of hydrogen-bond acceptors (Lipinski definition) is 1. The zero-order chi connectivity index (χ0) is 8.10. The van der Waals surface area contributed by atoms with Crippen LogP contribution in [0.2, 0.25) is 0 Å². The molecule has 0 N–H and O–H groups in total. The van der Waals surface area contributed by atoms with Gasteiger partial charge in [-0.15, -0.1) is 0 Å². The van der Waals surface area contributed by atoms with Crippen molar-refractivity contribution in [2.45, 2.75) is 19.8 Å². The zero-order valence-corrected chi connectivity index (χ0v) is 7.51. The van der Waals surface area contributed by atoms with Crippen molar-refractivity contribution >= 4 is 0 Å². The van der Waals surface area contributed by atoms with Gasteiger partial charge in [0.05, 0.1) is 0 Å². The molecule has 0 aromatic carbocycles. The molecule has 0 fully saturated rings. The van der Waals surface area contributed by atoms with Crippen LogP contribution in [0, 0.1) is 0 Å². The van der Waals surface area contributed by atoms with Crippen LogP contribution in [0.4, 0.5) is 0 Å². The smallest absolute Gasteiger partial charge is 0.0166 e. The Bertz CT molecular complexity index is 168. The Balaban J connectivity index is 2.53. The van der Waals surface area contributed by atoms with Gasteiger partial charge < -0.3 is 0 Å². The van der Waals surface area contributed by atoms with Gasteiger partial charge in [0.15, 0.2) is 0 Å². The van der Waals surface area contributed by atoms with Gasteiger partial charge in [-0.05, 0) is 19.9 Å². The largest absolute Gasteiger partial charge is 0.299 e. The lowest BCUT2D eigenvalue weighted by molar-refractivity contribution is 0.409. The predicted octanol–water partition coefficient (Wildman–Crippen LogP) is 2.21. The van der Waals surface area contributed by atoms with Gasteiger partial charge in [-0.1, -0.05) is 30.7 Å². The highest BCUT2D eigenvalue weighted by atomic mass is 15.1. The van der Waals surface area contributed by atoms with Crippen LogP contribution in [0.5, 0.6) is 0 Å². The van der Waals surface area contributed by atoms with Crippen LogP contribution in [0.1, 0.15) is 19.8 Å². The van der Waals surface area contributed by atoms with Crippen molar-refractivity contribution in [2.75, 3.05) is 20.1 Å². The molecule has 0 saturated carbocycles. The second-order valence-corrected chi connectivity index (χ2v) is 3.11. The van der Waals surface area contributed by atoms with Crippen LogP contribution in [-0.2, 0) is 0 Å².